The number of carbonyl (C=O) groups is 2. The molecule has 0 aliphatic carbocycles. The fraction of sp³-hybridized carbons (Fsp3) is 0.207. The summed E-state index contributed by atoms with van der Waals surface area (Å²) in [6.07, 6.45) is -4.54. The minimum atomic E-state index is -4.59. The predicted molar refractivity (Wildman–Crippen MR) is 140 cm³/mol. The number of carbonyl (C=O) groups excluding carboxylic acids is 2. The van der Waals surface area contributed by atoms with Crippen LogP contribution >= 0.6 is 0 Å². The van der Waals surface area contributed by atoms with E-state index < -0.39 is 29.6 Å². The van der Waals surface area contributed by atoms with Gasteiger partial charge in [0.1, 0.15) is 17.7 Å². The van der Waals surface area contributed by atoms with Crippen LogP contribution in [-0.4, -0.2) is 39.3 Å². The molecule has 1 aliphatic rings. The van der Waals surface area contributed by atoms with Crippen LogP contribution in [0.25, 0.3) is 5.69 Å². The Hall–Kier alpha value is -4.51. The van der Waals surface area contributed by atoms with Crippen LogP contribution in [0.2, 0.25) is 0 Å². The van der Waals surface area contributed by atoms with E-state index in [2.05, 4.69) is 10.4 Å². The van der Waals surface area contributed by atoms with Gasteiger partial charge in [-0.3, -0.25) is 14.5 Å². The van der Waals surface area contributed by atoms with Crippen molar-refractivity contribution in [2.45, 2.75) is 32.2 Å². The molecule has 5 rings (SSSR count). The van der Waals surface area contributed by atoms with Gasteiger partial charge in [0.15, 0.2) is 0 Å². The zero-order valence-electron chi connectivity index (χ0n) is 21.4. The van der Waals surface area contributed by atoms with Crippen molar-refractivity contribution < 1.29 is 32.3 Å². The van der Waals surface area contributed by atoms with Gasteiger partial charge in [0, 0.05) is 24.1 Å². The van der Waals surface area contributed by atoms with E-state index in [1.807, 2.05) is 30.3 Å². The Kier molecular flexibility index (Phi) is 8.64. The summed E-state index contributed by atoms with van der Waals surface area (Å²) in [5.41, 5.74) is 0.504. The number of nitrogens with zero attached hydrogens (tertiary/aromatic N) is 3. The van der Waals surface area contributed by atoms with Crippen molar-refractivity contribution in [1.29, 1.82) is 0 Å². The first-order valence-corrected chi connectivity index (χ1v) is 12.4. The van der Waals surface area contributed by atoms with E-state index in [-0.39, 0.29) is 31.0 Å². The zero-order valence-corrected chi connectivity index (χ0v) is 21.4. The van der Waals surface area contributed by atoms with Crippen LogP contribution in [0.1, 0.15) is 34.1 Å². The van der Waals surface area contributed by atoms with E-state index in [1.54, 1.807) is 29.8 Å². The second-order valence-electron chi connectivity index (χ2n) is 8.84. The molecular weight excluding hydrogens is 528 g/mol. The number of fused-ring (bicyclic) bond motifs is 1. The molecule has 11 heteroatoms. The molecule has 0 bridgehead atoms. The smallest absolute Gasteiger partial charge is 0.390 e. The SMILES string of the molecule is CCN1C(=O)C(NC(=O)c2cccc(C(F)(F)F)c2)Cc2c(CO)nn(-c3ccccc3)c21.Fc1ccccc1. The van der Waals surface area contributed by atoms with Gasteiger partial charge in [0.25, 0.3) is 11.8 Å². The maximum Gasteiger partial charge on any atom is 0.416 e. The van der Waals surface area contributed by atoms with Gasteiger partial charge in [0.05, 0.1) is 23.6 Å². The Balaban J connectivity index is 0.000000461. The Morgan fingerprint density at radius 2 is 1.68 bits per heavy atom. The zero-order chi connectivity index (χ0) is 28.9. The predicted octanol–water partition coefficient (Wildman–Crippen LogP) is 4.92. The van der Waals surface area contributed by atoms with E-state index in [0.29, 0.717) is 22.8 Å². The number of alkyl halides is 3. The molecule has 1 atom stereocenters. The van der Waals surface area contributed by atoms with Crippen LogP contribution in [0.4, 0.5) is 23.4 Å². The molecule has 2 heterocycles. The summed E-state index contributed by atoms with van der Waals surface area (Å²) in [5.74, 6) is -0.878. The average molecular weight is 555 g/mol. The van der Waals surface area contributed by atoms with Gasteiger partial charge in [0.2, 0.25) is 0 Å². The van der Waals surface area contributed by atoms with E-state index in [9.17, 15) is 32.3 Å². The minimum Gasteiger partial charge on any atom is -0.390 e. The number of para-hydroxylation sites is 1. The summed E-state index contributed by atoms with van der Waals surface area (Å²) < 4.78 is 52.5. The van der Waals surface area contributed by atoms with E-state index in [1.165, 1.54) is 23.1 Å². The van der Waals surface area contributed by atoms with Crippen LogP contribution in [-0.2, 0) is 24.0 Å². The first-order chi connectivity index (χ1) is 19.1. The second kappa shape index (κ2) is 12.1. The summed E-state index contributed by atoms with van der Waals surface area (Å²) in [7, 11) is 0. The largest absolute Gasteiger partial charge is 0.416 e. The maximum absolute atomic E-state index is 13.2. The number of hydrogen-bond acceptors (Lipinski definition) is 4. The molecule has 4 aromatic rings. The number of nitrogens with one attached hydrogen (secondary N) is 1. The minimum absolute atomic E-state index is 0.0537. The van der Waals surface area contributed by atoms with Crippen molar-refractivity contribution >= 4 is 17.6 Å². The molecule has 3 aromatic carbocycles. The number of hydrogen-bond donors (Lipinski definition) is 2. The quantitative estimate of drug-likeness (QED) is 0.343. The van der Waals surface area contributed by atoms with Gasteiger partial charge in [-0.15, -0.1) is 0 Å². The standard InChI is InChI=1S/C23H21F3N4O3.C6H5F/c1-2-29-21-17(19(13-31)28-30(21)16-9-4-3-5-10-16)12-18(22(29)33)27-20(32)14-7-6-8-15(11-14)23(24,25)26;7-6-4-2-1-3-5-6/h3-11,18,31H,2,12-13H2,1H3,(H,27,32);1-5H. The van der Waals surface area contributed by atoms with E-state index in [4.69, 9.17) is 0 Å². The number of aromatic nitrogens is 2. The van der Waals surface area contributed by atoms with Crippen molar-refractivity contribution in [3.8, 4) is 5.69 Å². The van der Waals surface area contributed by atoms with Crippen LogP contribution in [0.3, 0.4) is 0 Å². The van der Waals surface area contributed by atoms with Crippen molar-refractivity contribution in [2.75, 3.05) is 11.4 Å². The summed E-state index contributed by atoms with van der Waals surface area (Å²) in [6.45, 7) is 1.66. The van der Waals surface area contributed by atoms with Crippen molar-refractivity contribution in [3.05, 3.63) is 113 Å². The lowest BCUT2D eigenvalue weighted by molar-refractivity contribution is -0.137. The summed E-state index contributed by atoms with van der Waals surface area (Å²) >= 11 is 0. The number of benzene rings is 3. The molecule has 0 radical (unpaired) electrons. The second-order valence-corrected chi connectivity index (χ2v) is 8.84. The third-order valence-corrected chi connectivity index (χ3v) is 6.22. The molecule has 7 nitrogen and oxygen atoms in total. The highest BCUT2D eigenvalue weighted by Crippen LogP contribution is 2.34. The average Bonchev–Trinajstić information content (AvgIpc) is 3.32. The molecule has 1 aromatic heterocycles. The molecule has 0 spiro atoms. The third kappa shape index (κ3) is 6.20. The normalized spacial score (nSPS) is 14.7. The number of amides is 2. The van der Waals surface area contributed by atoms with Gasteiger partial charge >= 0.3 is 6.18 Å². The monoisotopic (exact) mass is 554 g/mol. The van der Waals surface area contributed by atoms with Gasteiger partial charge in [-0.05, 0) is 49.4 Å². The Bertz CT molecular complexity index is 1470. The van der Waals surface area contributed by atoms with Crippen molar-refractivity contribution in [3.63, 3.8) is 0 Å². The number of anilines is 1. The first-order valence-electron chi connectivity index (χ1n) is 12.4. The number of aliphatic hydroxyl groups excluding tert-OH is 1. The lowest BCUT2D eigenvalue weighted by Crippen LogP contribution is -2.53. The Morgan fingerprint density at radius 1 is 1.02 bits per heavy atom. The lowest BCUT2D eigenvalue weighted by Gasteiger charge is -2.32. The number of rotatable bonds is 5. The van der Waals surface area contributed by atoms with Crippen LogP contribution in [0.5, 0.6) is 0 Å². The Morgan fingerprint density at radius 3 is 2.23 bits per heavy atom. The third-order valence-electron chi connectivity index (χ3n) is 6.22. The maximum atomic E-state index is 13.2. The lowest BCUT2D eigenvalue weighted by atomic mass is 9.98. The fourth-order valence-electron chi connectivity index (χ4n) is 4.34. The highest BCUT2D eigenvalue weighted by atomic mass is 19.4. The van der Waals surface area contributed by atoms with Gasteiger partial charge in [-0.2, -0.15) is 18.3 Å². The van der Waals surface area contributed by atoms with Gasteiger partial charge in [-0.25, -0.2) is 9.07 Å². The van der Waals surface area contributed by atoms with Gasteiger partial charge < -0.3 is 10.4 Å². The van der Waals surface area contributed by atoms with Crippen molar-refractivity contribution in [1.82, 2.24) is 15.1 Å². The number of likely N-dealkylation sites (N-methyl/N-ethyl adjacent to an activating group) is 1. The van der Waals surface area contributed by atoms with Crippen LogP contribution in [0.15, 0.2) is 84.9 Å². The molecule has 1 unspecified atom stereocenters. The molecule has 2 amide bonds. The summed E-state index contributed by atoms with van der Waals surface area (Å²) in [4.78, 5) is 27.4. The van der Waals surface area contributed by atoms with Gasteiger partial charge in [-0.1, -0.05) is 42.5 Å². The highest BCUT2D eigenvalue weighted by molar-refractivity contribution is 6.04. The van der Waals surface area contributed by atoms with Crippen molar-refractivity contribution in [2.24, 2.45) is 0 Å². The molecule has 1 aliphatic heterocycles. The van der Waals surface area contributed by atoms with Crippen LogP contribution in [0, 0.1) is 5.82 Å². The highest BCUT2D eigenvalue weighted by Gasteiger charge is 2.38. The summed E-state index contributed by atoms with van der Waals surface area (Å²) in [6, 6.07) is 20.1. The molecule has 0 saturated heterocycles. The van der Waals surface area contributed by atoms with E-state index >= 15 is 0 Å². The first kappa shape index (κ1) is 28.5. The fourth-order valence-corrected chi connectivity index (χ4v) is 4.34. The summed E-state index contributed by atoms with van der Waals surface area (Å²) in [5, 5.41) is 16.9. The molecule has 0 fully saturated rings. The molecule has 40 heavy (non-hydrogen) atoms. The Labute approximate surface area is 227 Å². The number of halogens is 4. The topological polar surface area (TPSA) is 87.5 Å². The number of aliphatic hydroxyl groups is 1. The molecule has 208 valence electrons. The molecular formula is C29H26F4N4O3. The molecule has 0 saturated carbocycles. The van der Waals surface area contributed by atoms with Crippen LogP contribution < -0.4 is 10.2 Å². The molecule has 2 N–H and O–H groups in total. The van der Waals surface area contributed by atoms with E-state index in [0.717, 1.165) is 18.2 Å².